The number of ether oxygens (including phenoxy) is 1. The van der Waals surface area contributed by atoms with Crippen LogP contribution in [0.3, 0.4) is 0 Å². The first-order valence-electron chi connectivity index (χ1n) is 8.62. The van der Waals surface area contributed by atoms with Gasteiger partial charge in [-0.2, -0.15) is 0 Å². The first-order chi connectivity index (χ1) is 12.5. The SMILES string of the molecule is O=C(O)C1CCN(Cc2cc(Br)ccc2OCc2ccc(Cl)cc2)CC1. The summed E-state index contributed by atoms with van der Waals surface area (Å²) < 4.78 is 7.04. The summed E-state index contributed by atoms with van der Waals surface area (Å²) in [6.45, 7) is 2.81. The van der Waals surface area contributed by atoms with Crippen LogP contribution in [0.5, 0.6) is 5.75 Å². The second kappa shape index (κ2) is 8.89. The first kappa shape index (κ1) is 19.2. The zero-order chi connectivity index (χ0) is 18.5. The number of hydrogen-bond donors (Lipinski definition) is 1. The Morgan fingerprint density at radius 3 is 2.54 bits per heavy atom. The summed E-state index contributed by atoms with van der Waals surface area (Å²) in [5, 5.41) is 9.85. The zero-order valence-corrected chi connectivity index (χ0v) is 16.7. The fourth-order valence-corrected chi connectivity index (χ4v) is 3.67. The molecule has 0 amide bonds. The maximum absolute atomic E-state index is 11.1. The van der Waals surface area contributed by atoms with E-state index in [-0.39, 0.29) is 5.92 Å². The van der Waals surface area contributed by atoms with E-state index in [0.29, 0.717) is 24.5 Å². The number of likely N-dealkylation sites (tertiary alicyclic amines) is 1. The first-order valence-corrected chi connectivity index (χ1v) is 9.79. The van der Waals surface area contributed by atoms with Crippen LogP contribution < -0.4 is 4.74 Å². The fraction of sp³-hybridized carbons (Fsp3) is 0.350. The molecular formula is C20H21BrClNO3. The number of carboxylic acids is 1. The van der Waals surface area contributed by atoms with Gasteiger partial charge in [-0.1, -0.05) is 39.7 Å². The summed E-state index contributed by atoms with van der Waals surface area (Å²) in [5.41, 5.74) is 2.16. The van der Waals surface area contributed by atoms with Crippen molar-refractivity contribution in [3.05, 3.63) is 63.1 Å². The van der Waals surface area contributed by atoms with Crippen LogP contribution in [0.15, 0.2) is 46.9 Å². The highest BCUT2D eigenvalue weighted by Gasteiger charge is 2.24. The standard InChI is InChI=1S/C20H21BrClNO3/c21-17-3-6-19(26-13-14-1-4-18(22)5-2-14)16(11-17)12-23-9-7-15(8-10-23)20(24)25/h1-6,11,15H,7-10,12-13H2,(H,24,25). The van der Waals surface area contributed by atoms with Crippen LogP contribution in [-0.4, -0.2) is 29.1 Å². The van der Waals surface area contributed by atoms with Crippen molar-refractivity contribution in [2.24, 2.45) is 5.92 Å². The Balaban J connectivity index is 1.64. The van der Waals surface area contributed by atoms with Crippen LogP contribution in [0.1, 0.15) is 24.0 Å². The predicted octanol–water partition coefficient (Wildman–Crippen LogP) is 4.98. The van der Waals surface area contributed by atoms with E-state index in [1.54, 1.807) is 0 Å². The van der Waals surface area contributed by atoms with E-state index in [0.717, 1.165) is 41.0 Å². The lowest BCUT2D eigenvalue weighted by Gasteiger charge is -2.30. The summed E-state index contributed by atoms with van der Waals surface area (Å²) in [6.07, 6.45) is 1.40. The van der Waals surface area contributed by atoms with Crippen LogP contribution >= 0.6 is 27.5 Å². The van der Waals surface area contributed by atoms with Gasteiger partial charge in [-0.05, 0) is 61.8 Å². The van der Waals surface area contributed by atoms with Crippen molar-refractivity contribution in [3.8, 4) is 5.75 Å². The van der Waals surface area contributed by atoms with E-state index in [1.165, 1.54) is 0 Å². The molecule has 6 heteroatoms. The average Bonchev–Trinajstić information content (AvgIpc) is 2.63. The smallest absolute Gasteiger partial charge is 0.306 e. The van der Waals surface area contributed by atoms with Gasteiger partial charge >= 0.3 is 5.97 Å². The van der Waals surface area contributed by atoms with Gasteiger partial charge in [0.05, 0.1) is 5.92 Å². The van der Waals surface area contributed by atoms with Crippen molar-refractivity contribution in [2.45, 2.75) is 26.0 Å². The van der Waals surface area contributed by atoms with Gasteiger partial charge in [-0.15, -0.1) is 0 Å². The molecule has 1 saturated heterocycles. The maximum atomic E-state index is 11.1. The van der Waals surface area contributed by atoms with E-state index in [4.69, 9.17) is 21.4 Å². The quantitative estimate of drug-likeness (QED) is 0.691. The van der Waals surface area contributed by atoms with Crippen LogP contribution in [0, 0.1) is 5.92 Å². The molecule has 1 N–H and O–H groups in total. The number of nitrogens with zero attached hydrogens (tertiary/aromatic N) is 1. The van der Waals surface area contributed by atoms with E-state index in [9.17, 15) is 4.79 Å². The fourth-order valence-electron chi connectivity index (χ4n) is 3.13. The molecule has 0 aromatic heterocycles. The molecule has 4 nitrogen and oxygen atoms in total. The molecule has 1 aliphatic heterocycles. The number of piperidine rings is 1. The number of carboxylic acid groups (broad SMARTS) is 1. The number of benzene rings is 2. The number of rotatable bonds is 6. The van der Waals surface area contributed by atoms with Crippen molar-refractivity contribution in [3.63, 3.8) is 0 Å². The maximum Gasteiger partial charge on any atom is 0.306 e. The highest BCUT2D eigenvalue weighted by Crippen LogP contribution is 2.27. The van der Waals surface area contributed by atoms with E-state index < -0.39 is 5.97 Å². The van der Waals surface area contributed by atoms with Crippen LogP contribution in [-0.2, 0) is 17.9 Å². The summed E-state index contributed by atoms with van der Waals surface area (Å²) >= 11 is 9.45. The predicted molar refractivity (Wildman–Crippen MR) is 106 cm³/mol. The summed E-state index contributed by atoms with van der Waals surface area (Å²) in [7, 11) is 0. The molecule has 0 spiro atoms. The normalized spacial score (nSPS) is 15.8. The Morgan fingerprint density at radius 1 is 1.19 bits per heavy atom. The summed E-state index contributed by atoms with van der Waals surface area (Å²) in [5.74, 6) is -0.0445. The van der Waals surface area contributed by atoms with Crippen LogP contribution in [0.2, 0.25) is 5.02 Å². The highest BCUT2D eigenvalue weighted by atomic mass is 79.9. The number of halogens is 2. The van der Waals surface area contributed by atoms with Gasteiger partial charge in [0.15, 0.2) is 0 Å². The van der Waals surface area contributed by atoms with Crippen molar-refractivity contribution in [1.82, 2.24) is 4.90 Å². The third-order valence-electron chi connectivity index (χ3n) is 4.66. The van der Waals surface area contributed by atoms with Gasteiger partial charge in [-0.25, -0.2) is 0 Å². The zero-order valence-electron chi connectivity index (χ0n) is 14.3. The van der Waals surface area contributed by atoms with Crippen molar-refractivity contribution in [2.75, 3.05) is 13.1 Å². The van der Waals surface area contributed by atoms with Crippen LogP contribution in [0.4, 0.5) is 0 Å². The highest BCUT2D eigenvalue weighted by molar-refractivity contribution is 9.10. The topological polar surface area (TPSA) is 49.8 Å². The molecule has 1 heterocycles. The monoisotopic (exact) mass is 437 g/mol. The second-order valence-electron chi connectivity index (χ2n) is 6.56. The minimum Gasteiger partial charge on any atom is -0.489 e. The number of hydrogen-bond acceptors (Lipinski definition) is 3. The third-order valence-corrected chi connectivity index (χ3v) is 5.41. The van der Waals surface area contributed by atoms with Gasteiger partial charge in [-0.3, -0.25) is 9.69 Å². The molecular weight excluding hydrogens is 418 g/mol. The van der Waals surface area contributed by atoms with Gasteiger partial charge in [0.1, 0.15) is 12.4 Å². The van der Waals surface area contributed by atoms with Crippen LogP contribution in [0.25, 0.3) is 0 Å². The lowest BCUT2D eigenvalue weighted by Crippen LogP contribution is -2.35. The molecule has 0 aliphatic carbocycles. The van der Waals surface area contributed by atoms with E-state index >= 15 is 0 Å². The molecule has 0 atom stereocenters. The number of carbonyl (C=O) groups is 1. The molecule has 1 fully saturated rings. The largest absolute Gasteiger partial charge is 0.489 e. The molecule has 1 aliphatic rings. The Labute approximate surface area is 166 Å². The Morgan fingerprint density at radius 2 is 1.88 bits per heavy atom. The second-order valence-corrected chi connectivity index (χ2v) is 7.91. The summed E-state index contributed by atoms with van der Waals surface area (Å²) in [4.78, 5) is 13.4. The molecule has 26 heavy (non-hydrogen) atoms. The minimum atomic E-state index is -0.681. The summed E-state index contributed by atoms with van der Waals surface area (Å²) in [6, 6.07) is 13.6. The van der Waals surface area contributed by atoms with Gasteiger partial charge < -0.3 is 9.84 Å². The molecule has 2 aromatic rings. The van der Waals surface area contributed by atoms with Gasteiger partial charge in [0, 0.05) is 21.6 Å². The molecule has 0 bridgehead atoms. The molecule has 0 unspecified atom stereocenters. The molecule has 0 saturated carbocycles. The molecule has 0 radical (unpaired) electrons. The molecule has 2 aromatic carbocycles. The Kier molecular flexibility index (Phi) is 6.57. The van der Waals surface area contributed by atoms with Crippen molar-refractivity contribution in [1.29, 1.82) is 0 Å². The van der Waals surface area contributed by atoms with Gasteiger partial charge in [0.2, 0.25) is 0 Å². The molecule has 3 rings (SSSR count). The van der Waals surface area contributed by atoms with Gasteiger partial charge in [0.25, 0.3) is 0 Å². The van der Waals surface area contributed by atoms with E-state index in [1.807, 2.05) is 36.4 Å². The van der Waals surface area contributed by atoms with Crippen molar-refractivity contribution >= 4 is 33.5 Å². The lowest BCUT2D eigenvalue weighted by atomic mass is 9.97. The number of aliphatic carboxylic acids is 1. The molecule has 138 valence electrons. The van der Waals surface area contributed by atoms with E-state index in [2.05, 4.69) is 26.9 Å². The third kappa shape index (κ3) is 5.22. The Hall–Kier alpha value is -1.56. The van der Waals surface area contributed by atoms with Crippen molar-refractivity contribution < 1.29 is 14.6 Å². The lowest BCUT2D eigenvalue weighted by molar-refractivity contribution is -0.143. The Bertz CT molecular complexity index is 758. The average molecular weight is 439 g/mol. The minimum absolute atomic E-state index is 0.214.